The number of benzene rings is 2. The van der Waals surface area contributed by atoms with Gasteiger partial charge in [-0.3, -0.25) is 43.2 Å². The predicted molar refractivity (Wildman–Crippen MR) is 352 cm³/mol. The number of nitrogens with one attached hydrogen (secondary N) is 8. The monoisotopic (exact) mass is 1320 g/mol. The molecule has 15 N–H and O–H groups in total. The Morgan fingerprint density at radius 1 is 0.596 bits per heavy atom. The lowest BCUT2D eigenvalue weighted by atomic mass is 9.95. The molecule has 94 heavy (non-hydrogen) atoms. The average molecular weight is 1320 g/mol. The summed E-state index contributed by atoms with van der Waals surface area (Å²) >= 11 is 0. The zero-order valence-corrected chi connectivity index (χ0v) is 55.2. The minimum absolute atomic E-state index is 0.0254. The molecule has 3 aliphatic heterocycles. The van der Waals surface area contributed by atoms with Crippen LogP contribution < -0.4 is 58.9 Å². The predicted octanol–water partition coefficient (Wildman–Crippen LogP) is 2.54. The van der Waals surface area contributed by atoms with Crippen LogP contribution in [0.5, 0.6) is 0 Å². The summed E-state index contributed by atoms with van der Waals surface area (Å²) in [5.74, 6) is -3.72. The number of unbranched alkanes of at least 4 members (excludes halogenated alkanes) is 11. The summed E-state index contributed by atoms with van der Waals surface area (Å²) in [4.78, 5) is 118. The van der Waals surface area contributed by atoms with E-state index in [0.29, 0.717) is 101 Å². The summed E-state index contributed by atoms with van der Waals surface area (Å²) in [6.45, 7) is 7.18. The van der Waals surface area contributed by atoms with E-state index in [1.54, 1.807) is 4.90 Å². The number of fused-ring (bicyclic) bond motifs is 2. The van der Waals surface area contributed by atoms with Gasteiger partial charge in [0.1, 0.15) is 30.3 Å². The number of anilines is 1. The number of nitrogens with zero attached hydrogens (tertiary/aromatic N) is 1. The smallest absolute Gasteiger partial charge is 0.242 e. The Kier molecular flexibility index (Phi) is 35.4. The molecular formula is C67H105N11O16. The molecule has 524 valence electrons. The highest BCUT2D eigenvalue weighted by molar-refractivity contribution is 6.02. The molecule has 27 heteroatoms. The van der Waals surface area contributed by atoms with Crippen molar-refractivity contribution >= 4 is 70.2 Å². The second kappa shape index (κ2) is 42.9. The maximum atomic E-state index is 14.0. The van der Waals surface area contributed by atoms with E-state index >= 15 is 0 Å². The van der Waals surface area contributed by atoms with Gasteiger partial charge in [0, 0.05) is 103 Å². The van der Waals surface area contributed by atoms with Gasteiger partial charge in [-0.2, -0.15) is 0 Å². The molecule has 0 bridgehead atoms. The minimum atomic E-state index is -1.26. The minimum Gasteiger partial charge on any atom is -0.397 e. The van der Waals surface area contributed by atoms with Crippen molar-refractivity contribution in [2.45, 2.75) is 230 Å². The fourth-order valence-electron chi connectivity index (χ4n) is 11.4. The number of rotatable bonds is 43. The standard InChI is InChI=1S/C67H105N11O16/c1-4-5-6-17-34-70-56(84)32-33-59(87)78-41-46-23-13-14-24-48(46)60(69)61(49-25-15-16-26-53(49)78)71-35-20-11-12-27-57(85)76-51(65(90)73-37-18-7-9-21-38-91-66-52(74-44(2)79)40-47(81)42-93-66)29-31-58(86)77-50(28-30-55(68)83)64(89)72-36-19-8-10-22-39-92-67-62(75-45(3)80)63(88)54(82)43-94-67/h13-16,23-26,47,50-52,54,62-63,66-67,71,81-82,88H,4-12,17-22,27-43,69H2,1-3H3,(H2,68,83)(H,70,84)(H,72,89)(H,73,90)(H,74,79)(H,75,80)(H,76,85)(H,77,86)/b61-60-/t47-,50?,51?,52-,54+,62-,63+,66-,67-/m1/s1. The van der Waals surface area contributed by atoms with Gasteiger partial charge < -0.3 is 93.2 Å². The molecule has 2 aromatic carbocycles. The van der Waals surface area contributed by atoms with Crippen LogP contribution in [0.1, 0.15) is 185 Å². The zero-order valence-electron chi connectivity index (χ0n) is 55.2. The molecule has 2 saturated heterocycles. The van der Waals surface area contributed by atoms with Gasteiger partial charge in [0.15, 0.2) is 12.6 Å². The molecule has 2 unspecified atom stereocenters. The third-order valence-electron chi connectivity index (χ3n) is 16.5. The molecule has 0 spiro atoms. The van der Waals surface area contributed by atoms with Crippen LogP contribution in [0, 0.1) is 0 Å². The SMILES string of the molecule is CCCCCCNC(=O)CCC(=O)N1Cc2ccccc2/C(N)=C(/NCCCCCC(=O)NC(CCC(=O)NC(CCC(N)=O)C(=O)NCCCCCCO[C@@H]2OC[C@H](O)[C@H](O)[C@H]2NC(C)=O)C(=O)NCCCCCCO[C@@H]2OC[C@H](O)C[C@H]2NC(C)=O)c2ccccc21. The van der Waals surface area contributed by atoms with Crippen LogP contribution in [0.25, 0.3) is 11.4 Å². The fraction of sp³-hybridized carbons (Fsp3) is 0.657. The maximum absolute atomic E-state index is 14.0. The first-order valence-corrected chi connectivity index (χ1v) is 33.7. The number of primary amides is 1. The summed E-state index contributed by atoms with van der Waals surface area (Å²) in [5.41, 5.74) is 16.6. The van der Waals surface area contributed by atoms with Gasteiger partial charge in [-0.1, -0.05) is 101 Å². The van der Waals surface area contributed by atoms with Gasteiger partial charge in [-0.25, -0.2) is 0 Å². The summed E-state index contributed by atoms with van der Waals surface area (Å²) in [6.07, 6.45) is 6.17. The molecule has 0 radical (unpaired) electrons. The van der Waals surface area contributed by atoms with Crippen molar-refractivity contribution < 1.29 is 77.4 Å². The van der Waals surface area contributed by atoms with Crippen molar-refractivity contribution in [3.63, 3.8) is 0 Å². The Balaban J connectivity index is 1.13. The summed E-state index contributed by atoms with van der Waals surface area (Å²) in [7, 11) is 0. The Morgan fingerprint density at radius 2 is 1.15 bits per heavy atom. The fourth-order valence-corrected chi connectivity index (χ4v) is 11.4. The molecule has 0 aliphatic carbocycles. The van der Waals surface area contributed by atoms with Gasteiger partial charge in [0.05, 0.1) is 49.0 Å². The number of carbonyl (C=O) groups excluding carboxylic acids is 9. The topological polar surface area (TPSA) is 403 Å². The van der Waals surface area contributed by atoms with E-state index < -0.39 is 90.5 Å². The van der Waals surface area contributed by atoms with Gasteiger partial charge in [0.2, 0.25) is 53.2 Å². The highest BCUT2D eigenvalue weighted by Gasteiger charge is 2.40. The highest BCUT2D eigenvalue weighted by atomic mass is 16.7. The average Bonchev–Trinajstić information content (AvgIpc) is 0.783. The second-order valence-corrected chi connectivity index (χ2v) is 24.4. The van der Waals surface area contributed by atoms with Crippen molar-refractivity contribution in [3.8, 4) is 0 Å². The number of aliphatic hydroxyl groups is 3. The second-order valence-electron chi connectivity index (χ2n) is 24.4. The van der Waals surface area contributed by atoms with Crippen LogP contribution in [0.4, 0.5) is 5.69 Å². The van der Waals surface area contributed by atoms with Crippen LogP contribution >= 0.6 is 0 Å². The van der Waals surface area contributed by atoms with Crippen LogP contribution in [0.2, 0.25) is 0 Å². The first-order valence-electron chi connectivity index (χ1n) is 33.7. The Labute approximate surface area is 552 Å². The third kappa shape index (κ3) is 28.0. The lowest BCUT2D eigenvalue weighted by molar-refractivity contribution is -0.233. The number of hydrogen-bond acceptors (Lipinski definition) is 18. The number of nitrogens with two attached hydrogens (primary N) is 2. The third-order valence-corrected chi connectivity index (χ3v) is 16.5. The van der Waals surface area contributed by atoms with E-state index in [0.717, 1.165) is 55.2 Å². The lowest BCUT2D eigenvalue weighted by Crippen LogP contribution is -2.60. The largest absolute Gasteiger partial charge is 0.397 e. The molecule has 3 heterocycles. The summed E-state index contributed by atoms with van der Waals surface area (Å²) in [6, 6.07) is 11.5. The molecule has 0 saturated carbocycles. The van der Waals surface area contributed by atoms with Gasteiger partial charge in [-0.15, -0.1) is 0 Å². The maximum Gasteiger partial charge on any atom is 0.242 e. The van der Waals surface area contributed by atoms with E-state index in [4.69, 9.17) is 30.4 Å². The Hall–Kier alpha value is -7.27. The number of aliphatic hydroxyl groups excluding tert-OH is 3. The number of hydrogen-bond donors (Lipinski definition) is 13. The highest BCUT2D eigenvalue weighted by Crippen LogP contribution is 2.35. The van der Waals surface area contributed by atoms with E-state index in [1.807, 2.05) is 48.5 Å². The van der Waals surface area contributed by atoms with Crippen LogP contribution in [-0.4, -0.2) is 176 Å². The first kappa shape index (κ1) is 77.4. The van der Waals surface area contributed by atoms with Gasteiger partial charge in [0.25, 0.3) is 0 Å². The van der Waals surface area contributed by atoms with Gasteiger partial charge in [-0.05, 0) is 69.4 Å². The van der Waals surface area contributed by atoms with E-state index in [9.17, 15) is 58.5 Å². The van der Waals surface area contributed by atoms with Crippen molar-refractivity contribution in [2.24, 2.45) is 11.5 Å². The summed E-state index contributed by atoms with van der Waals surface area (Å²) < 4.78 is 22.7. The van der Waals surface area contributed by atoms with Crippen LogP contribution in [-0.2, 0) is 68.6 Å². The van der Waals surface area contributed by atoms with Crippen molar-refractivity contribution in [2.75, 3.05) is 57.5 Å². The zero-order chi connectivity index (χ0) is 68.2. The Morgan fingerprint density at radius 3 is 1.80 bits per heavy atom. The number of ether oxygens (including phenoxy) is 4. The molecule has 2 aromatic rings. The normalized spacial score (nSPS) is 20.7. The summed E-state index contributed by atoms with van der Waals surface area (Å²) in [5, 5.41) is 53.3. The molecule has 3 aliphatic rings. The molecule has 9 atom stereocenters. The first-order chi connectivity index (χ1) is 45.3. The van der Waals surface area contributed by atoms with Gasteiger partial charge >= 0.3 is 0 Å². The quantitative estimate of drug-likeness (QED) is 0.0424. The van der Waals surface area contributed by atoms with Crippen molar-refractivity contribution in [1.82, 2.24) is 42.5 Å². The number of carbonyl (C=O) groups is 9. The van der Waals surface area contributed by atoms with E-state index in [1.165, 1.54) is 13.8 Å². The molecule has 5 rings (SSSR count). The Bertz CT molecular complexity index is 2770. The van der Waals surface area contributed by atoms with E-state index in [2.05, 4.69) is 49.5 Å². The van der Waals surface area contributed by atoms with Crippen molar-refractivity contribution in [3.05, 3.63) is 65.2 Å². The molecular weight excluding hydrogens is 1210 g/mol. The molecule has 9 amide bonds. The lowest BCUT2D eigenvalue weighted by Gasteiger charge is -2.38. The van der Waals surface area contributed by atoms with E-state index in [-0.39, 0.29) is 102 Å². The number of para-hydroxylation sites is 1. The van der Waals surface area contributed by atoms with Crippen LogP contribution in [0.15, 0.2) is 48.5 Å². The van der Waals surface area contributed by atoms with Crippen molar-refractivity contribution in [1.29, 1.82) is 0 Å². The molecule has 2 fully saturated rings. The number of amides is 9. The van der Waals surface area contributed by atoms with Crippen LogP contribution in [0.3, 0.4) is 0 Å². The molecule has 0 aromatic heterocycles. The molecule has 27 nitrogen and oxygen atoms in total.